The summed E-state index contributed by atoms with van der Waals surface area (Å²) in [6, 6.07) is 0. The molecule has 3 N–H and O–H groups in total. The van der Waals surface area contributed by atoms with E-state index in [1.165, 1.54) is 122 Å². The van der Waals surface area contributed by atoms with Crippen molar-refractivity contribution in [2.45, 2.75) is 367 Å². The molecule has 0 aromatic heterocycles. The molecule has 0 saturated carbocycles. The number of aliphatic hydroxyl groups excluding tert-OH is 1. The van der Waals surface area contributed by atoms with E-state index in [-0.39, 0.29) is 25.7 Å². The molecule has 0 bridgehead atoms. The molecule has 0 saturated heterocycles. The minimum Gasteiger partial charge on any atom is -0.462 e. The number of carbonyl (C=O) groups is 4. The molecule has 0 aliphatic rings. The van der Waals surface area contributed by atoms with Crippen LogP contribution in [-0.4, -0.2) is 96.7 Å². The van der Waals surface area contributed by atoms with Gasteiger partial charge in [-0.1, -0.05) is 295 Å². The molecule has 5 unspecified atom stereocenters. The molecule has 0 aliphatic heterocycles. The number of esters is 4. The van der Waals surface area contributed by atoms with Crippen molar-refractivity contribution in [1.82, 2.24) is 0 Å². The summed E-state index contributed by atoms with van der Waals surface area (Å²) >= 11 is 0. The Labute approximate surface area is 572 Å². The number of phosphoric ester groups is 2. The Morgan fingerprint density at radius 1 is 0.309 bits per heavy atom. The van der Waals surface area contributed by atoms with Crippen LogP contribution in [0.15, 0.2) is 48.6 Å². The molecule has 0 aromatic rings. The largest absolute Gasteiger partial charge is 0.472 e. The molecule has 5 atom stereocenters. The van der Waals surface area contributed by atoms with E-state index in [1.807, 2.05) is 0 Å². The fourth-order valence-electron chi connectivity index (χ4n) is 10.5. The number of ether oxygens (including phenoxy) is 4. The Kier molecular flexibility index (Phi) is 66.4. The van der Waals surface area contributed by atoms with Crippen molar-refractivity contribution in [1.29, 1.82) is 0 Å². The lowest BCUT2D eigenvalue weighted by Crippen LogP contribution is -2.30. The van der Waals surface area contributed by atoms with Crippen LogP contribution in [0.3, 0.4) is 0 Å². The molecule has 550 valence electrons. The van der Waals surface area contributed by atoms with Crippen molar-refractivity contribution in [3.8, 4) is 0 Å². The zero-order chi connectivity index (χ0) is 69.0. The summed E-state index contributed by atoms with van der Waals surface area (Å²) in [6.07, 6.45) is 63.9. The van der Waals surface area contributed by atoms with Gasteiger partial charge in [-0.25, -0.2) is 9.13 Å². The molecular formula is C75H138O17P2. The van der Waals surface area contributed by atoms with Crippen LogP contribution in [0.1, 0.15) is 349 Å². The molecule has 19 heteroatoms. The topological polar surface area (TPSA) is 237 Å². The van der Waals surface area contributed by atoms with E-state index < -0.39 is 97.5 Å². The van der Waals surface area contributed by atoms with Crippen LogP contribution in [0.5, 0.6) is 0 Å². The van der Waals surface area contributed by atoms with Crippen LogP contribution in [0.25, 0.3) is 0 Å². The third kappa shape index (κ3) is 67.6. The normalized spacial score (nSPS) is 14.2. The summed E-state index contributed by atoms with van der Waals surface area (Å²) in [5, 5.41) is 10.6. The van der Waals surface area contributed by atoms with Crippen LogP contribution in [-0.2, 0) is 65.4 Å². The number of unbranched alkanes of at least 4 members (excludes halogenated alkanes) is 38. The number of rotatable bonds is 72. The fourth-order valence-corrected chi connectivity index (χ4v) is 12.1. The Hall–Kier alpha value is -2.98. The smallest absolute Gasteiger partial charge is 0.462 e. The van der Waals surface area contributed by atoms with Gasteiger partial charge >= 0.3 is 39.5 Å². The Morgan fingerprint density at radius 2 is 0.564 bits per heavy atom. The zero-order valence-corrected chi connectivity index (χ0v) is 61.7. The van der Waals surface area contributed by atoms with Gasteiger partial charge in [-0.2, -0.15) is 0 Å². The standard InChI is InChI=1S/C75H138O17P2/c1-5-9-13-17-21-25-29-32-33-34-35-38-41-44-48-52-56-60-73(78)86-66-71(92-75(80)62-58-54-50-46-42-37-31-27-23-19-15-11-7-3)68-90-94(83,84)88-64-69(76)63-87-93(81,82)89-67-70(91-74(79)61-57-53-49-45-39-28-24-20-16-12-8-4)65-85-72(77)59-55-51-47-43-40-36-30-26-22-18-14-10-6-2/h9,13,20-21,24-25,32-33,69-71,76H,5-8,10-12,14-19,22-23,26-31,34-68H2,1-4H3,(H,81,82)(H,83,84)/b13-9-,24-20-,25-21-,33-32-. The highest BCUT2D eigenvalue weighted by atomic mass is 31.2. The minimum absolute atomic E-state index is 0.0910. The van der Waals surface area contributed by atoms with Gasteiger partial charge in [0.2, 0.25) is 0 Å². The van der Waals surface area contributed by atoms with E-state index in [4.69, 9.17) is 37.0 Å². The number of aliphatic hydroxyl groups is 1. The summed E-state index contributed by atoms with van der Waals surface area (Å²) < 4.78 is 68.4. The maximum atomic E-state index is 13.1. The molecule has 0 radical (unpaired) electrons. The van der Waals surface area contributed by atoms with E-state index >= 15 is 0 Å². The van der Waals surface area contributed by atoms with Gasteiger partial charge in [0.25, 0.3) is 0 Å². The molecule has 0 amide bonds. The highest BCUT2D eigenvalue weighted by Crippen LogP contribution is 2.45. The Morgan fingerprint density at radius 3 is 0.894 bits per heavy atom. The van der Waals surface area contributed by atoms with E-state index in [1.54, 1.807) is 0 Å². The molecule has 0 heterocycles. The molecule has 94 heavy (non-hydrogen) atoms. The summed E-state index contributed by atoms with van der Waals surface area (Å²) in [4.78, 5) is 72.7. The predicted molar refractivity (Wildman–Crippen MR) is 381 cm³/mol. The first-order valence-corrected chi connectivity index (χ1v) is 40.9. The van der Waals surface area contributed by atoms with Crippen LogP contribution >= 0.6 is 15.6 Å². The molecule has 0 aliphatic carbocycles. The van der Waals surface area contributed by atoms with Gasteiger partial charge in [0.1, 0.15) is 19.3 Å². The molecular weight excluding hydrogens is 1230 g/mol. The van der Waals surface area contributed by atoms with Gasteiger partial charge in [-0.15, -0.1) is 0 Å². The third-order valence-electron chi connectivity index (χ3n) is 16.3. The minimum atomic E-state index is -4.96. The lowest BCUT2D eigenvalue weighted by Gasteiger charge is -2.21. The lowest BCUT2D eigenvalue weighted by molar-refractivity contribution is -0.161. The number of carbonyl (C=O) groups excluding carboxylic acids is 4. The van der Waals surface area contributed by atoms with Gasteiger partial charge in [0.05, 0.1) is 26.4 Å². The maximum absolute atomic E-state index is 13.1. The molecule has 17 nitrogen and oxygen atoms in total. The van der Waals surface area contributed by atoms with Crippen molar-refractivity contribution in [2.75, 3.05) is 39.6 Å². The monoisotopic (exact) mass is 1370 g/mol. The van der Waals surface area contributed by atoms with Gasteiger partial charge in [0.15, 0.2) is 12.2 Å². The van der Waals surface area contributed by atoms with E-state index in [2.05, 4.69) is 76.3 Å². The quantitative estimate of drug-likeness (QED) is 0.0169. The summed E-state index contributed by atoms with van der Waals surface area (Å²) in [5.74, 6) is -2.16. The summed E-state index contributed by atoms with van der Waals surface area (Å²) in [6.45, 7) is 4.76. The van der Waals surface area contributed by atoms with E-state index in [0.717, 1.165) is 148 Å². The van der Waals surface area contributed by atoms with Gasteiger partial charge in [-0.3, -0.25) is 37.3 Å². The van der Waals surface area contributed by atoms with Crippen LogP contribution in [0, 0.1) is 0 Å². The fraction of sp³-hybridized carbons (Fsp3) is 0.840. The molecule has 0 aromatic carbocycles. The van der Waals surface area contributed by atoms with Crippen molar-refractivity contribution >= 4 is 39.5 Å². The lowest BCUT2D eigenvalue weighted by atomic mass is 10.0. The molecule has 0 rings (SSSR count). The Bertz CT molecular complexity index is 1980. The van der Waals surface area contributed by atoms with Crippen molar-refractivity contribution in [3.05, 3.63) is 48.6 Å². The molecule has 0 fully saturated rings. The first-order chi connectivity index (χ1) is 45.7. The number of allylic oxidation sites excluding steroid dienone is 8. The average molecular weight is 1370 g/mol. The van der Waals surface area contributed by atoms with Crippen molar-refractivity contribution < 1.29 is 80.2 Å². The van der Waals surface area contributed by atoms with Crippen LogP contribution in [0.4, 0.5) is 0 Å². The SMILES string of the molecule is CC/C=C\C/C=C\C/C=C\CCCCCCCCCC(=O)OCC(COP(=O)(O)OCC(O)COP(=O)(O)OCC(COC(=O)CCCCCCCCCCCCCCC)OC(=O)CCCCCCC/C=C\CCCC)OC(=O)CCCCCCCCCCCCCCC. The number of phosphoric acid groups is 2. The second-order valence-corrected chi connectivity index (χ2v) is 28.5. The van der Waals surface area contributed by atoms with Crippen molar-refractivity contribution in [3.63, 3.8) is 0 Å². The van der Waals surface area contributed by atoms with E-state index in [9.17, 15) is 43.2 Å². The Balaban J connectivity index is 5.27. The second kappa shape index (κ2) is 68.5. The van der Waals surface area contributed by atoms with Crippen molar-refractivity contribution in [2.24, 2.45) is 0 Å². The third-order valence-corrected chi connectivity index (χ3v) is 18.2. The molecule has 0 spiro atoms. The number of hydrogen-bond donors (Lipinski definition) is 3. The van der Waals surface area contributed by atoms with Crippen LogP contribution < -0.4 is 0 Å². The zero-order valence-electron chi connectivity index (χ0n) is 59.9. The van der Waals surface area contributed by atoms with Crippen LogP contribution in [0.2, 0.25) is 0 Å². The first kappa shape index (κ1) is 91.0. The van der Waals surface area contributed by atoms with Gasteiger partial charge in [0, 0.05) is 25.7 Å². The first-order valence-electron chi connectivity index (χ1n) is 37.9. The second-order valence-electron chi connectivity index (χ2n) is 25.6. The summed E-state index contributed by atoms with van der Waals surface area (Å²) in [5.41, 5.74) is 0. The van der Waals surface area contributed by atoms with Gasteiger partial charge < -0.3 is 33.8 Å². The predicted octanol–water partition coefficient (Wildman–Crippen LogP) is 21.3. The summed E-state index contributed by atoms with van der Waals surface area (Å²) in [7, 11) is -9.92. The van der Waals surface area contributed by atoms with E-state index in [0.29, 0.717) is 25.7 Å². The van der Waals surface area contributed by atoms with Gasteiger partial charge in [-0.05, 0) is 77.0 Å². The number of hydrogen-bond acceptors (Lipinski definition) is 15. The maximum Gasteiger partial charge on any atom is 0.472 e. The highest BCUT2D eigenvalue weighted by Gasteiger charge is 2.30. The highest BCUT2D eigenvalue weighted by molar-refractivity contribution is 7.47. The average Bonchev–Trinajstić information content (AvgIpc) is 2.15.